The van der Waals surface area contributed by atoms with Crippen molar-refractivity contribution in [3.63, 3.8) is 0 Å². The standard InChI is InChI=1S/C25H20Cl2N2O6/c26-19-9-13(10-20(27)23(19)32)28-24(33)21(11-22(30)31)29-25(34)35-12-18-16-7-3-1-5-14(16)15-6-2-4-8-17(15)18/h1-10,18,21,32H,11-12H2,(H,28,33)(H,29,34)(H,30,31). The van der Waals surface area contributed by atoms with Gasteiger partial charge in [-0.25, -0.2) is 4.79 Å². The van der Waals surface area contributed by atoms with Crippen molar-refractivity contribution >= 4 is 46.9 Å². The van der Waals surface area contributed by atoms with Crippen LogP contribution < -0.4 is 10.6 Å². The number of carbonyl (C=O) groups excluding carboxylic acids is 2. The van der Waals surface area contributed by atoms with Crippen molar-refractivity contribution < 1.29 is 29.3 Å². The number of carboxylic acid groups (broad SMARTS) is 1. The number of alkyl carbamates (subject to hydrolysis) is 1. The summed E-state index contributed by atoms with van der Waals surface area (Å²) in [5.74, 6) is -2.67. The van der Waals surface area contributed by atoms with E-state index in [1.807, 2.05) is 48.5 Å². The van der Waals surface area contributed by atoms with Gasteiger partial charge in [0.25, 0.3) is 0 Å². The van der Waals surface area contributed by atoms with Crippen molar-refractivity contribution in [3.05, 3.63) is 81.8 Å². The normalized spacial score (nSPS) is 12.9. The molecule has 0 spiro atoms. The molecule has 0 fully saturated rings. The summed E-state index contributed by atoms with van der Waals surface area (Å²) in [5.41, 5.74) is 4.27. The molecule has 0 aliphatic heterocycles. The lowest BCUT2D eigenvalue weighted by Gasteiger charge is -2.19. The van der Waals surface area contributed by atoms with Gasteiger partial charge in [0.15, 0.2) is 5.75 Å². The van der Waals surface area contributed by atoms with Crippen molar-refractivity contribution in [2.45, 2.75) is 18.4 Å². The predicted molar refractivity (Wildman–Crippen MR) is 131 cm³/mol. The molecule has 0 saturated carbocycles. The number of halogens is 2. The highest BCUT2D eigenvalue weighted by Gasteiger charge is 2.30. The zero-order chi connectivity index (χ0) is 25.1. The first-order chi connectivity index (χ1) is 16.7. The van der Waals surface area contributed by atoms with Crippen LogP contribution >= 0.6 is 23.2 Å². The largest absolute Gasteiger partial charge is 0.505 e. The molecule has 1 aliphatic rings. The molecule has 0 saturated heterocycles. The van der Waals surface area contributed by atoms with E-state index in [0.717, 1.165) is 22.3 Å². The molecule has 35 heavy (non-hydrogen) atoms. The quantitative estimate of drug-likeness (QED) is 0.328. The van der Waals surface area contributed by atoms with Gasteiger partial charge in [-0.1, -0.05) is 71.7 Å². The number of benzene rings is 3. The maximum Gasteiger partial charge on any atom is 0.407 e. The minimum absolute atomic E-state index is 0.00441. The number of nitrogens with one attached hydrogen (secondary N) is 2. The minimum atomic E-state index is -1.44. The average molecular weight is 515 g/mol. The third-order valence-corrected chi connectivity index (χ3v) is 6.19. The van der Waals surface area contributed by atoms with E-state index in [-0.39, 0.29) is 34.0 Å². The number of carbonyl (C=O) groups is 3. The van der Waals surface area contributed by atoms with E-state index in [9.17, 15) is 24.6 Å². The Balaban J connectivity index is 1.44. The Hall–Kier alpha value is -3.75. The second-order valence-corrected chi connectivity index (χ2v) is 8.71. The van der Waals surface area contributed by atoms with Crippen LogP contribution in [0, 0.1) is 0 Å². The van der Waals surface area contributed by atoms with Crippen LogP contribution in [0.4, 0.5) is 10.5 Å². The van der Waals surface area contributed by atoms with Crippen molar-refractivity contribution in [1.29, 1.82) is 0 Å². The maximum absolute atomic E-state index is 12.7. The van der Waals surface area contributed by atoms with Gasteiger partial charge in [-0.2, -0.15) is 0 Å². The van der Waals surface area contributed by atoms with Crippen molar-refractivity contribution in [2.75, 3.05) is 11.9 Å². The first-order valence-corrected chi connectivity index (χ1v) is 11.3. The van der Waals surface area contributed by atoms with E-state index < -0.39 is 30.4 Å². The SMILES string of the molecule is O=C(O)CC(NC(=O)OCC1c2ccccc2-c2ccccc21)C(=O)Nc1cc(Cl)c(O)c(Cl)c1. The van der Waals surface area contributed by atoms with Gasteiger partial charge in [0, 0.05) is 11.6 Å². The lowest BCUT2D eigenvalue weighted by Crippen LogP contribution is -2.45. The monoisotopic (exact) mass is 514 g/mol. The number of rotatable bonds is 7. The topological polar surface area (TPSA) is 125 Å². The zero-order valence-electron chi connectivity index (χ0n) is 18.1. The maximum atomic E-state index is 12.7. The summed E-state index contributed by atoms with van der Waals surface area (Å²) in [6.07, 6.45) is -1.62. The highest BCUT2D eigenvalue weighted by Crippen LogP contribution is 2.44. The van der Waals surface area contributed by atoms with E-state index >= 15 is 0 Å². The van der Waals surface area contributed by atoms with Gasteiger partial charge in [-0.3, -0.25) is 9.59 Å². The minimum Gasteiger partial charge on any atom is -0.505 e. The van der Waals surface area contributed by atoms with E-state index in [2.05, 4.69) is 10.6 Å². The molecule has 0 bridgehead atoms. The van der Waals surface area contributed by atoms with E-state index in [0.29, 0.717) is 0 Å². The van der Waals surface area contributed by atoms with Gasteiger partial charge in [0.2, 0.25) is 5.91 Å². The second-order valence-electron chi connectivity index (χ2n) is 7.90. The Morgan fingerprint density at radius 3 is 2.03 bits per heavy atom. The Labute approximate surface area is 210 Å². The summed E-state index contributed by atoms with van der Waals surface area (Å²) in [7, 11) is 0. The number of phenolic OH excluding ortho intramolecular Hbond substituents is 1. The van der Waals surface area contributed by atoms with Gasteiger partial charge in [-0.05, 0) is 34.4 Å². The Bertz CT molecular complexity index is 1240. The first kappa shape index (κ1) is 24.4. The average Bonchev–Trinajstić information content (AvgIpc) is 3.14. The van der Waals surface area contributed by atoms with E-state index in [1.165, 1.54) is 12.1 Å². The number of phenols is 1. The van der Waals surface area contributed by atoms with Gasteiger partial charge in [0.05, 0.1) is 16.5 Å². The molecule has 3 aromatic rings. The summed E-state index contributed by atoms with van der Waals surface area (Å²) >= 11 is 11.7. The molecule has 0 heterocycles. The summed E-state index contributed by atoms with van der Waals surface area (Å²) in [6.45, 7) is 0.00441. The van der Waals surface area contributed by atoms with Crippen LogP contribution in [0.25, 0.3) is 11.1 Å². The number of hydrogen-bond acceptors (Lipinski definition) is 5. The number of carboxylic acids is 1. The van der Waals surface area contributed by atoms with Gasteiger partial charge < -0.3 is 25.6 Å². The van der Waals surface area contributed by atoms with Crippen LogP contribution in [0.15, 0.2) is 60.7 Å². The fourth-order valence-electron chi connectivity index (χ4n) is 4.03. The molecule has 8 nitrogen and oxygen atoms in total. The molecule has 0 aromatic heterocycles. The Morgan fingerprint density at radius 2 is 1.49 bits per heavy atom. The summed E-state index contributed by atoms with van der Waals surface area (Å²) in [5, 5.41) is 23.4. The zero-order valence-corrected chi connectivity index (χ0v) is 19.6. The lowest BCUT2D eigenvalue weighted by atomic mass is 9.98. The highest BCUT2D eigenvalue weighted by atomic mass is 35.5. The number of aromatic hydroxyl groups is 1. The highest BCUT2D eigenvalue weighted by molar-refractivity contribution is 6.37. The number of fused-ring (bicyclic) bond motifs is 3. The molecule has 10 heteroatoms. The van der Waals surface area contributed by atoms with Crippen molar-refractivity contribution in [2.24, 2.45) is 0 Å². The molecule has 180 valence electrons. The smallest absolute Gasteiger partial charge is 0.407 e. The number of amides is 2. The van der Waals surface area contributed by atoms with E-state index in [1.54, 1.807) is 0 Å². The molecule has 2 amide bonds. The lowest BCUT2D eigenvalue weighted by molar-refractivity contribution is -0.139. The third-order valence-electron chi connectivity index (χ3n) is 5.62. The molecule has 4 rings (SSSR count). The Morgan fingerprint density at radius 1 is 0.943 bits per heavy atom. The van der Waals surface area contributed by atoms with Crippen LogP contribution in [0.2, 0.25) is 10.0 Å². The van der Waals surface area contributed by atoms with Crippen molar-refractivity contribution in [1.82, 2.24) is 5.32 Å². The molecule has 4 N–H and O–H groups in total. The van der Waals surface area contributed by atoms with Gasteiger partial charge in [-0.15, -0.1) is 0 Å². The van der Waals surface area contributed by atoms with Crippen LogP contribution in [0.1, 0.15) is 23.5 Å². The molecular formula is C25H20Cl2N2O6. The van der Waals surface area contributed by atoms with Gasteiger partial charge in [0.1, 0.15) is 12.6 Å². The number of hydrogen-bond donors (Lipinski definition) is 4. The summed E-state index contributed by atoms with van der Waals surface area (Å²) < 4.78 is 5.41. The van der Waals surface area contributed by atoms with Crippen molar-refractivity contribution in [3.8, 4) is 16.9 Å². The predicted octanol–water partition coefficient (Wildman–Crippen LogP) is 5.02. The molecule has 0 radical (unpaired) electrons. The molecule has 1 unspecified atom stereocenters. The molecule has 1 aliphatic carbocycles. The first-order valence-electron chi connectivity index (χ1n) is 10.6. The van der Waals surface area contributed by atoms with Crippen LogP contribution in [-0.4, -0.2) is 40.8 Å². The van der Waals surface area contributed by atoms with Crippen LogP contribution in [-0.2, 0) is 14.3 Å². The number of anilines is 1. The number of ether oxygens (including phenoxy) is 1. The van der Waals surface area contributed by atoms with Crippen LogP contribution in [0.3, 0.4) is 0 Å². The molecular weight excluding hydrogens is 495 g/mol. The number of aliphatic carboxylic acids is 1. The fraction of sp³-hybridized carbons (Fsp3) is 0.160. The fourth-order valence-corrected chi connectivity index (χ4v) is 4.52. The second kappa shape index (κ2) is 10.2. The summed E-state index contributed by atoms with van der Waals surface area (Å²) in [4.78, 5) is 36.5. The van der Waals surface area contributed by atoms with Gasteiger partial charge >= 0.3 is 12.1 Å². The van der Waals surface area contributed by atoms with Crippen LogP contribution in [0.5, 0.6) is 5.75 Å². The molecule has 1 atom stereocenters. The summed E-state index contributed by atoms with van der Waals surface area (Å²) in [6, 6.07) is 16.7. The Kier molecular flexibility index (Phi) is 7.14. The van der Waals surface area contributed by atoms with E-state index in [4.69, 9.17) is 27.9 Å². The third kappa shape index (κ3) is 5.34. The molecule has 3 aromatic carbocycles.